The Kier molecular flexibility index (Phi) is 6.90. The maximum Gasteiger partial charge on any atom is 0.337 e. The fourth-order valence-electron chi connectivity index (χ4n) is 2.44. The van der Waals surface area contributed by atoms with Crippen molar-refractivity contribution in [3.8, 4) is 0 Å². The first-order chi connectivity index (χ1) is 11.6. The maximum absolute atomic E-state index is 13.5. The van der Waals surface area contributed by atoms with Crippen molar-refractivity contribution in [2.75, 3.05) is 20.2 Å². The molecule has 2 rings (SSSR count). The third-order valence-electron chi connectivity index (χ3n) is 3.80. The predicted octanol–water partition coefficient (Wildman–Crippen LogP) is 2.87. The summed E-state index contributed by atoms with van der Waals surface area (Å²) in [5, 5.41) is 13.1. The predicted molar refractivity (Wildman–Crippen MR) is 90.3 cm³/mol. The smallest absolute Gasteiger partial charge is 0.337 e. The molecule has 0 saturated carbocycles. The van der Waals surface area contributed by atoms with Gasteiger partial charge >= 0.3 is 5.97 Å². The number of carbonyl (C=O) groups is 1. The lowest BCUT2D eigenvalue weighted by molar-refractivity contribution is 0.0600. The third-order valence-corrected chi connectivity index (χ3v) is 3.80. The molecule has 0 fully saturated rings. The molecule has 5 heteroatoms. The minimum absolute atomic E-state index is 0.308. The average Bonchev–Trinajstić information content (AvgIpc) is 2.61. The van der Waals surface area contributed by atoms with Crippen molar-refractivity contribution in [3.63, 3.8) is 0 Å². The molecule has 0 heterocycles. The highest BCUT2D eigenvalue weighted by Gasteiger charge is 2.11. The number of hydrogen-bond donors (Lipinski definition) is 2. The summed E-state index contributed by atoms with van der Waals surface area (Å²) in [6, 6.07) is 13.5. The summed E-state index contributed by atoms with van der Waals surface area (Å²) >= 11 is 0. The van der Waals surface area contributed by atoms with E-state index in [2.05, 4.69) is 10.1 Å². The molecule has 128 valence electrons. The van der Waals surface area contributed by atoms with E-state index in [-0.39, 0.29) is 5.97 Å². The Morgan fingerprint density at radius 3 is 2.58 bits per heavy atom. The molecule has 2 N–H and O–H groups in total. The van der Waals surface area contributed by atoms with Crippen molar-refractivity contribution >= 4 is 5.97 Å². The van der Waals surface area contributed by atoms with E-state index >= 15 is 0 Å². The zero-order valence-corrected chi connectivity index (χ0v) is 13.7. The topological polar surface area (TPSA) is 58.6 Å². The second kappa shape index (κ2) is 9.15. The molecule has 0 aromatic heterocycles. The molecule has 24 heavy (non-hydrogen) atoms. The molecule has 4 nitrogen and oxygen atoms in total. The molecule has 2 aromatic carbocycles. The summed E-state index contributed by atoms with van der Waals surface area (Å²) in [4.78, 5) is 11.3. The van der Waals surface area contributed by atoms with E-state index in [1.165, 1.54) is 13.2 Å². The SMILES string of the molecule is COC(=O)c1ccc(CCCNCC(O)c2ccccc2F)cc1. The third kappa shape index (κ3) is 5.15. The van der Waals surface area contributed by atoms with Gasteiger partial charge in [-0.2, -0.15) is 0 Å². The monoisotopic (exact) mass is 331 g/mol. The highest BCUT2D eigenvalue weighted by Crippen LogP contribution is 2.15. The van der Waals surface area contributed by atoms with Crippen LogP contribution in [-0.2, 0) is 11.2 Å². The molecule has 0 amide bonds. The Labute approximate surface area is 141 Å². The fourth-order valence-corrected chi connectivity index (χ4v) is 2.44. The van der Waals surface area contributed by atoms with Crippen LogP contribution in [0.4, 0.5) is 4.39 Å². The van der Waals surface area contributed by atoms with Gasteiger partial charge in [-0.25, -0.2) is 9.18 Å². The van der Waals surface area contributed by atoms with Crippen molar-refractivity contribution in [1.29, 1.82) is 0 Å². The van der Waals surface area contributed by atoms with Crippen molar-refractivity contribution in [1.82, 2.24) is 5.32 Å². The lowest BCUT2D eigenvalue weighted by Crippen LogP contribution is -2.23. The number of benzene rings is 2. The molecule has 0 bridgehead atoms. The Hall–Kier alpha value is -2.24. The van der Waals surface area contributed by atoms with Gasteiger partial charge in [-0.15, -0.1) is 0 Å². The van der Waals surface area contributed by atoms with Gasteiger partial charge in [-0.05, 0) is 43.1 Å². The van der Waals surface area contributed by atoms with E-state index in [9.17, 15) is 14.3 Å². The normalized spacial score (nSPS) is 12.0. The quantitative estimate of drug-likeness (QED) is 0.577. The number of carbonyl (C=O) groups excluding carboxylic acids is 1. The Morgan fingerprint density at radius 1 is 1.21 bits per heavy atom. The number of rotatable bonds is 8. The summed E-state index contributed by atoms with van der Waals surface area (Å²) in [7, 11) is 1.36. The van der Waals surface area contributed by atoms with Crippen LogP contribution in [0.5, 0.6) is 0 Å². The average molecular weight is 331 g/mol. The Bertz CT molecular complexity index is 658. The van der Waals surface area contributed by atoms with Crippen LogP contribution in [0.25, 0.3) is 0 Å². The number of aryl methyl sites for hydroxylation is 1. The molecule has 0 aliphatic rings. The zero-order chi connectivity index (χ0) is 17.4. The molecule has 0 aliphatic carbocycles. The van der Waals surface area contributed by atoms with Gasteiger partial charge in [0, 0.05) is 12.1 Å². The van der Waals surface area contributed by atoms with Crippen LogP contribution in [0.2, 0.25) is 0 Å². The number of methoxy groups -OCH3 is 1. The highest BCUT2D eigenvalue weighted by molar-refractivity contribution is 5.89. The van der Waals surface area contributed by atoms with Crippen LogP contribution in [0.15, 0.2) is 48.5 Å². The molecule has 1 atom stereocenters. The number of aliphatic hydroxyl groups excluding tert-OH is 1. The van der Waals surface area contributed by atoms with Crippen LogP contribution in [-0.4, -0.2) is 31.3 Å². The van der Waals surface area contributed by atoms with E-state index < -0.39 is 11.9 Å². The van der Waals surface area contributed by atoms with Gasteiger partial charge in [0.1, 0.15) is 5.82 Å². The van der Waals surface area contributed by atoms with Gasteiger partial charge in [-0.3, -0.25) is 0 Å². The first kappa shape index (κ1) is 18.1. The molecule has 0 aliphatic heterocycles. The Balaban J connectivity index is 1.70. The van der Waals surface area contributed by atoms with E-state index in [1.54, 1.807) is 30.3 Å². The number of hydrogen-bond acceptors (Lipinski definition) is 4. The summed E-state index contributed by atoms with van der Waals surface area (Å²) in [6.45, 7) is 1.02. The number of esters is 1. The van der Waals surface area contributed by atoms with Gasteiger partial charge < -0.3 is 15.2 Å². The lowest BCUT2D eigenvalue weighted by Gasteiger charge is -2.13. The number of nitrogens with one attached hydrogen (secondary N) is 1. The van der Waals surface area contributed by atoms with Crippen LogP contribution < -0.4 is 5.32 Å². The van der Waals surface area contributed by atoms with Crippen molar-refractivity contribution < 1.29 is 19.0 Å². The maximum atomic E-state index is 13.5. The van der Waals surface area contributed by atoms with Crippen molar-refractivity contribution in [2.24, 2.45) is 0 Å². The first-order valence-electron chi connectivity index (χ1n) is 7.92. The molecular weight excluding hydrogens is 309 g/mol. The van der Waals surface area contributed by atoms with Crippen LogP contribution in [0, 0.1) is 5.82 Å². The van der Waals surface area contributed by atoms with Gasteiger partial charge in [0.2, 0.25) is 0 Å². The molecule has 1 unspecified atom stereocenters. The van der Waals surface area contributed by atoms with Gasteiger partial charge in [0.25, 0.3) is 0 Å². The summed E-state index contributed by atoms with van der Waals surface area (Å²) < 4.78 is 18.2. The van der Waals surface area contributed by atoms with Gasteiger partial charge in [-0.1, -0.05) is 30.3 Å². The summed E-state index contributed by atoms with van der Waals surface area (Å²) in [5.41, 5.74) is 1.97. The Morgan fingerprint density at radius 2 is 1.92 bits per heavy atom. The number of ether oxygens (including phenoxy) is 1. The number of aliphatic hydroxyl groups is 1. The fraction of sp³-hybridized carbons (Fsp3) is 0.316. The van der Waals surface area contributed by atoms with Crippen molar-refractivity contribution in [2.45, 2.75) is 18.9 Å². The molecule has 2 aromatic rings. The molecule has 0 spiro atoms. The standard InChI is InChI=1S/C19H22FNO3/c1-24-19(23)15-10-8-14(9-11-15)5-4-12-21-13-18(22)16-6-2-3-7-17(16)20/h2-3,6-11,18,21-22H,4-5,12-13H2,1H3. The second-order valence-corrected chi connectivity index (χ2v) is 5.53. The minimum Gasteiger partial charge on any atom is -0.465 e. The second-order valence-electron chi connectivity index (χ2n) is 5.53. The van der Waals surface area contributed by atoms with Crippen LogP contribution >= 0.6 is 0 Å². The van der Waals surface area contributed by atoms with Crippen LogP contribution in [0.3, 0.4) is 0 Å². The molecule has 0 saturated heterocycles. The van der Waals surface area contributed by atoms with Gasteiger partial charge in [0.05, 0.1) is 18.8 Å². The highest BCUT2D eigenvalue weighted by atomic mass is 19.1. The first-order valence-corrected chi connectivity index (χ1v) is 7.92. The molecule has 0 radical (unpaired) electrons. The van der Waals surface area contributed by atoms with E-state index in [0.29, 0.717) is 24.2 Å². The molecular formula is C19H22FNO3. The lowest BCUT2D eigenvalue weighted by atomic mass is 10.1. The zero-order valence-electron chi connectivity index (χ0n) is 13.7. The minimum atomic E-state index is -0.856. The number of halogens is 1. The van der Waals surface area contributed by atoms with E-state index in [4.69, 9.17) is 0 Å². The van der Waals surface area contributed by atoms with Crippen LogP contribution in [0.1, 0.15) is 34.0 Å². The van der Waals surface area contributed by atoms with Crippen molar-refractivity contribution in [3.05, 3.63) is 71.0 Å². The van der Waals surface area contributed by atoms with Gasteiger partial charge in [0.15, 0.2) is 0 Å². The largest absolute Gasteiger partial charge is 0.465 e. The van der Waals surface area contributed by atoms with E-state index in [1.807, 2.05) is 12.1 Å². The van der Waals surface area contributed by atoms with E-state index in [0.717, 1.165) is 18.4 Å². The summed E-state index contributed by atoms with van der Waals surface area (Å²) in [6.07, 6.45) is 0.872. The summed E-state index contributed by atoms with van der Waals surface area (Å²) in [5.74, 6) is -0.733.